The van der Waals surface area contributed by atoms with Crippen LogP contribution in [0.4, 0.5) is 11.6 Å². The predicted octanol–water partition coefficient (Wildman–Crippen LogP) is 12.1. The first-order valence-electron chi connectivity index (χ1n) is 26.5. The molecule has 6 aromatic rings. The summed E-state index contributed by atoms with van der Waals surface area (Å²) in [6.45, 7) is 27.3. The second kappa shape index (κ2) is 23.7. The lowest BCUT2D eigenvalue weighted by Gasteiger charge is -2.37. The Morgan fingerprint density at radius 2 is 1.00 bits per heavy atom. The van der Waals surface area contributed by atoms with Gasteiger partial charge in [0, 0.05) is 76.9 Å². The van der Waals surface area contributed by atoms with Gasteiger partial charge in [0.1, 0.15) is 41.1 Å². The Balaban J connectivity index is 0.000000160. The van der Waals surface area contributed by atoms with Gasteiger partial charge in [-0.25, -0.2) is 19.9 Å². The molecule has 2 aromatic heterocycles. The molecule has 0 spiro atoms. The fraction of sp³-hybridized carbons (Fsp3) is 0.517. The van der Waals surface area contributed by atoms with Crippen molar-refractivity contribution in [2.24, 2.45) is 22.7 Å². The molecule has 378 valence electrons. The molecule has 71 heavy (non-hydrogen) atoms. The Kier molecular flexibility index (Phi) is 17.3. The number of rotatable bonds is 9. The van der Waals surface area contributed by atoms with Gasteiger partial charge in [0.05, 0.1) is 12.2 Å². The van der Waals surface area contributed by atoms with Gasteiger partial charge in [-0.3, -0.25) is 9.69 Å². The second-order valence-corrected chi connectivity index (χ2v) is 22.6. The fourth-order valence-corrected chi connectivity index (χ4v) is 10.8. The monoisotopic (exact) mass is 961 g/mol. The molecule has 11 heteroatoms. The maximum atomic E-state index is 10.9. The molecule has 4 aliphatic rings. The van der Waals surface area contributed by atoms with E-state index >= 15 is 0 Å². The lowest BCUT2D eigenvalue weighted by molar-refractivity contribution is 0.0881. The van der Waals surface area contributed by atoms with Gasteiger partial charge < -0.3 is 24.6 Å². The van der Waals surface area contributed by atoms with Crippen molar-refractivity contribution in [3.63, 3.8) is 0 Å². The number of piperazine rings is 2. The van der Waals surface area contributed by atoms with Crippen LogP contribution in [0.1, 0.15) is 120 Å². The number of aldehydes is 1. The van der Waals surface area contributed by atoms with Gasteiger partial charge in [-0.15, -0.1) is 0 Å². The van der Waals surface area contributed by atoms with Crippen LogP contribution in [0.3, 0.4) is 0 Å². The lowest BCUT2D eigenvalue weighted by atomic mass is 9.72. The zero-order chi connectivity index (χ0) is 50.0. The van der Waals surface area contributed by atoms with Crippen molar-refractivity contribution >= 4 is 39.5 Å². The molecule has 0 unspecified atom stereocenters. The van der Waals surface area contributed by atoms with E-state index in [-0.39, 0.29) is 0 Å². The maximum absolute atomic E-state index is 10.9. The Morgan fingerprint density at radius 1 is 0.549 bits per heavy atom. The largest absolute Gasteiger partial charge is 0.490 e. The number of aromatic nitrogens is 4. The highest BCUT2D eigenvalue weighted by atomic mass is 16.5. The standard InChI is InChI=1S/C30H40N4O.C21H26O2.C9H14N4/c1-22-31-14-13-29(32-22)34-17-15-33(16-18-34)21-23-5-6-25-20-28(10-7-24(25)19-23)35-27-11-8-26(9-12-27)30(2,3)4;1-21(2,3)18-7-10-19(11-8-18)23-20-9-6-16-12-15(14-22)4-5-17(16)13-20;1-8-11-3-2-9(12-8)13-6-4-10-5-7-13/h5-7,10,13-14,19-20,26-27H,8-9,11-12,15-18,21H2,1-4H3;4-6,9,12-14,18-19H,7-8,10-11H2,1-3H3;2-3,10H,4-7H2,1H3. The minimum Gasteiger partial charge on any atom is -0.490 e. The number of carbonyl (C=O) groups excluding carboxylic acids is 1. The van der Waals surface area contributed by atoms with E-state index < -0.39 is 0 Å². The van der Waals surface area contributed by atoms with Crippen LogP contribution in [0, 0.1) is 36.5 Å². The fourth-order valence-electron chi connectivity index (χ4n) is 10.8. The number of nitrogens with one attached hydrogen (secondary N) is 1. The van der Waals surface area contributed by atoms with Crippen LogP contribution in [-0.2, 0) is 6.54 Å². The van der Waals surface area contributed by atoms with Crippen molar-refractivity contribution in [2.75, 3.05) is 62.2 Å². The van der Waals surface area contributed by atoms with Gasteiger partial charge in [-0.05, 0) is 164 Å². The first-order chi connectivity index (χ1) is 34.1. The highest BCUT2D eigenvalue weighted by Gasteiger charge is 2.32. The molecular weight excluding hydrogens is 881 g/mol. The molecule has 4 fully saturated rings. The van der Waals surface area contributed by atoms with Crippen LogP contribution in [0.5, 0.6) is 11.5 Å². The van der Waals surface area contributed by atoms with Crippen LogP contribution in [0.2, 0.25) is 0 Å². The van der Waals surface area contributed by atoms with E-state index in [1.54, 1.807) is 0 Å². The average Bonchev–Trinajstić information content (AvgIpc) is 3.37. The second-order valence-electron chi connectivity index (χ2n) is 22.6. The molecule has 0 radical (unpaired) electrons. The summed E-state index contributed by atoms with van der Waals surface area (Å²) in [5, 5.41) is 8.07. The average molecular weight is 961 g/mol. The van der Waals surface area contributed by atoms with Crippen molar-refractivity contribution in [2.45, 2.75) is 126 Å². The Bertz CT molecular complexity index is 2650. The minimum atomic E-state index is 0.334. The zero-order valence-electron chi connectivity index (χ0n) is 44.0. The quantitative estimate of drug-likeness (QED) is 0.140. The van der Waals surface area contributed by atoms with Crippen LogP contribution in [0.25, 0.3) is 21.5 Å². The van der Waals surface area contributed by atoms with E-state index in [1.165, 1.54) is 54.9 Å². The molecule has 11 nitrogen and oxygen atoms in total. The van der Waals surface area contributed by atoms with Gasteiger partial charge in [-0.2, -0.15) is 0 Å². The van der Waals surface area contributed by atoms with Crippen molar-refractivity contribution in [3.05, 3.63) is 120 Å². The van der Waals surface area contributed by atoms with Gasteiger partial charge in [0.15, 0.2) is 0 Å². The highest BCUT2D eigenvalue weighted by molar-refractivity contribution is 5.89. The Labute approximate surface area is 424 Å². The molecule has 4 heterocycles. The van der Waals surface area contributed by atoms with E-state index in [1.807, 2.05) is 68.7 Å². The third-order valence-electron chi connectivity index (χ3n) is 15.3. The van der Waals surface area contributed by atoms with Crippen LogP contribution < -0.4 is 24.6 Å². The number of benzene rings is 4. The molecule has 4 aromatic carbocycles. The van der Waals surface area contributed by atoms with Crippen molar-refractivity contribution < 1.29 is 14.3 Å². The summed E-state index contributed by atoms with van der Waals surface area (Å²) in [5.41, 5.74) is 2.91. The molecule has 2 saturated carbocycles. The number of hydrogen-bond acceptors (Lipinski definition) is 11. The first-order valence-corrected chi connectivity index (χ1v) is 26.5. The van der Waals surface area contributed by atoms with Crippen molar-refractivity contribution in [1.82, 2.24) is 30.2 Å². The smallest absolute Gasteiger partial charge is 0.150 e. The number of anilines is 2. The summed E-state index contributed by atoms with van der Waals surface area (Å²) in [6.07, 6.45) is 14.9. The summed E-state index contributed by atoms with van der Waals surface area (Å²) in [5.74, 6) is 7.35. The molecule has 2 aliphatic heterocycles. The molecule has 0 atom stereocenters. The predicted molar refractivity (Wildman–Crippen MR) is 291 cm³/mol. The summed E-state index contributed by atoms with van der Waals surface area (Å²) in [7, 11) is 0. The zero-order valence-corrected chi connectivity index (χ0v) is 44.0. The van der Waals surface area contributed by atoms with Crippen molar-refractivity contribution in [3.8, 4) is 11.5 Å². The molecule has 0 bridgehead atoms. The lowest BCUT2D eigenvalue weighted by Crippen LogP contribution is -2.46. The molecular formula is C60H80N8O3. The van der Waals surface area contributed by atoms with Crippen LogP contribution in [-0.4, -0.2) is 95.7 Å². The van der Waals surface area contributed by atoms with Crippen LogP contribution >= 0.6 is 0 Å². The third kappa shape index (κ3) is 14.7. The normalized spacial score (nSPS) is 21.1. The first kappa shape index (κ1) is 51.7. The minimum absolute atomic E-state index is 0.334. The number of ether oxygens (including phenoxy) is 2. The summed E-state index contributed by atoms with van der Waals surface area (Å²) in [4.78, 5) is 35.3. The number of carbonyl (C=O) groups is 1. The topological polar surface area (TPSA) is 109 Å². The van der Waals surface area contributed by atoms with Gasteiger partial charge in [0.2, 0.25) is 0 Å². The SMILES string of the molecule is CC(C)(C)C1CCC(Oc2ccc3cc(C=O)ccc3c2)CC1.Cc1nccc(N2CCN(Cc3ccc4cc(OC5CCC(C(C)(C)C)CC5)ccc4c3)CC2)n1.Cc1nccc(N2CCNCC2)n1. The summed E-state index contributed by atoms with van der Waals surface area (Å²) >= 11 is 0. The van der Waals surface area contributed by atoms with Crippen LogP contribution in [0.15, 0.2) is 97.3 Å². The van der Waals surface area contributed by atoms with Gasteiger partial charge >= 0.3 is 0 Å². The Morgan fingerprint density at radius 3 is 1.48 bits per heavy atom. The molecule has 2 saturated heterocycles. The molecule has 1 N–H and O–H groups in total. The van der Waals surface area contributed by atoms with E-state index in [0.717, 1.165) is 135 Å². The van der Waals surface area contributed by atoms with Gasteiger partial charge in [0.25, 0.3) is 0 Å². The third-order valence-corrected chi connectivity index (χ3v) is 15.3. The van der Waals surface area contributed by atoms with E-state index in [0.29, 0.717) is 28.6 Å². The molecule has 10 rings (SSSR count). The number of aryl methyl sites for hydroxylation is 2. The number of hydrogen-bond donors (Lipinski definition) is 1. The molecule has 2 aliphatic carbocycles. The Hall–Kier alpha value is -5.65. The summed E-state index contributed by atoms with van der Waals surface area (Å²) < 4.78 is 12.6. The highest BCUT2D eigenvalue weighted by Crippen LogP contribution is 2.40. The van der Waals surface area contributed by atoms with Gasteiger partial charge in [-0.1, -0.05) is 77.9 Å². The van der Waals surface area contributed by atoms with Crippen molar-refractivity contribution in [1.29, 1.82) is 0 Å². The maximum Gasteiger partial charge on any atom is 0.150 e. The van der Waals surface area contributed by atoms with E-state index in [9.17, 15) is 4.79 Å². The molecule has 0 amide bonds. The number of nitrogens with zero attached hydrogens (tertiary/aromatic N) is 7. The van der Waals surface area contributed by atoms with E-state index in [2.05, 4.69) is 124 Å². The van der Waals surface area contributed by atoms with E-state index in [4.69, 9.17) is 9.47 Å². The summed E-state index contributed by atoms with van der Waals surface area (Å²) in [6, 6.07) is 29.4. The number of fused-ring (bicyclic) bond motifs is 2.